The number of carbonyl (C=O) groups excluding carboxylic acids is 1. The fourth-order valence-corrected chi connectivity index (χ4v) is 2.65. The molecular weight excluding hydrogens is 310 g/mol. The Hall–Kier alpha value is -2.13. The van der Waals surface area contributed by atoms with E-state index in [9.17, 15) is 4.79 Å². The molecule has 120 valence electrons. The molecule has 0 aromatic heterocycles. The van der Waals surface area contributed by atoms with E-state index < -0.39 is 0 Å². The normalized spacial score (nSPS) is 11.7. The zero-order valence-electron chi connectivity index (χ0n) is 13.1. The molecule has 0 aliphatic carbocycles. The van der Waals surface area contributed by atoms with E-state index in [1.807, 2.05) is 42.5 Å². The molecule has 3 nitrogen and oxygen atoms in total. The molecule has 0 saturated carbocycles. The molecule has 0 saturated heterocycles. The van der Waals surface area contributed by atoms with Crippen molar-refractivity contribution in [2.45, 2.75) is 19.3 Å². The number of nitrogens with one attached hydrogen (secondary N) is 1. The van der Waals surface area contributed by atoms with Crippen molar-refractivity contribution in [3.8, 4) is 0 Å². The van der Waals surface area contributed by atoms with Gasteiger partial charge in [-0.25, -0.2) is 0 Å². The van der Waals surface area contributed by atoms with Gasteiger partial charge < -0.3 is 10.1 Å². The SMILES string of the molecule is COC(=O)C(CC(=N)Cc1ccccc1)Cc1ccc(Cl)cc1. The Morgan fingerprint density at radius 2 is 1.74 bits per heavy atom. The number of benzene rings is 2. The first-order chi connectivity index (χ1) is 11.1. The van der Waals surface area contributed by atoms with Gasteiger partial charge in [0.25, 0.3) is 0 Å². The minimum absolute atomic E-state index is 0.280. The molecule has 0 radical (unpaired) electrons. The average molecular weight is 330 g/mol. The number of ether oxygens (including phenoxy) is 1. The predicted molar refractivity (Wildman–Crippen MR) is 93.2 cm³/mol. The van der Waals surface area contributed by atoms with Gasteiger partial charge in [0.15, 0.2) is 0 Å². The number of hydrogen-bond donors (Lipinski definition) is 1. The Kier molecular flexibility index (Phi) is 6.36. The summed E-state index contributed by atoms with van der Waals surface area (Å²) in [6.07, 6.45) is 1.49. The van der Waals surface area contributed by atoms with Crippen LogP contribution in [0.2, 0.25) is 5.02 Å². The molecular formula is C19H20ClNO2. The molecule has 2 rings (SSSR count). The lowest BCUT2D eigenvalue weighted by molar-refractivity contribution is -0.145. The molecule has 23 heavy (non-hydrogen) atoms. The lowest BCUT2D eigenvalue weighted by Gasteiger charge is -2.15. The van der Waals surface area contributed by atoms with Crippen molar-refractivity contribution in [1.29, 1.82) is 5.41 Å². The van der Waals surface area contributed by atoms with Crippen molar-refractivity contribution < 1.29 is 9.53 Å². The third-order valence-electron chi connectivity index (χ3n) is 3.68. The first kappa shape index (κ1) is 17.2. The van der Waals surface area contributed by atoms with Crippen LogP contribution in [-0.4, -0.2) is 18.8 Å². The van der Waals surface area contributed by atoms with Crippen LogP contribution in [0.15, 0.2) is 54.6 Å². The summed E-state index contributed by atoms with van der Waals surface area (Å²) in [4.78, 5) is 12.0. The minimum atomic E-state index is -0.350. The fourth-order valence-electron chi connectivity index (χ4n) is 2.52. The van der Waals surface area contributed by atoms with Crippen molar-refractivity contribution >= 4 is 23.3 Å². The number of halogens is 1. The predicted octanol–water partition coefficient (Wildman–Crippen LogP) is 4.32. The molecule has 0 bridgehead atoms. The van der Waals surface area contributed by atoms with Gasteiger partial charge in [-0.15, -0.1) is 0 Å². The lowest BCUT2D eigenvalue weighted by atomic mass is 9.92. The van der Waals surface area contributed by atoms with Gasteiger partial charge in [0.05, 0.1) is 13.0 Å². The van der Waals surface area contributed by atoms with Crippen LogP contribution in [-0.2, 0) is 22.4 Å². The van der Waals surface area contributed by atoms with E-state index in [2.05, 4.69) is 0 Å². The van der Waals surface area contributed by atoms with Gasteiger partial charge >= 0.3 is 5.97 Å². The molecule has 0 amide bonds. The molecule has 1 atom stereocenters. The van der Waals surface area contributed by atoms with Crippen LogP contribution in [0.1, 0.15) is 17.5 Å². The largest absolute Gasteiger partial charge is 0.469 e. The van der Waals surface area contributed by atoms with Gasteiger partial charge in [-0.1, -0.05) is 54.1 Å². The van der Waals surface area contributed by atoms with Gasteiger partial charge in [0, 0.05) is 17.2 Å². The van der Waals surface area contributed by atoms with Crippen LogP contribution in [0.4, 0.5) is 0 Å². The van der Waals surface area contributed by atoms with Crippen LogP contribution in [0, 0.1) is 11.3 Å². The van der Waals surface area contributed by atoms with E-state index in [-0.39, 0.29) is 11.9 Å². The standard InChI is InChI=1S/C19H20ClNO2/c1-23-19(22)16(11-15-7-9-17(20)10-8-15)13-18(21)12-14-5-3-2-4-6-14/h2-10,16,21H,11-13H2,1H3. The summed E-state index contributed by atoms with van der Waals surface area (Å²) in [5.41, 5.74) is 2.62. The second-order valence-electron chi connectivity index (χ2n) is 5.52. The van der Waals surface area contributed by atoms with E-state index in [0.29, 0.717) is 30.0 Å². The highest BCUT2D eigenvalue weighted by molar-refractivity contribution is 6.30. The maximum Gasteiger partial charge on any atom is 0.309 e. The second kappa shape index (κ2) is 8.49. The van der Waals surface area contributed by atoms with Crippen LogP contribution in [0.3, 0.4) is 0 Å². The molecule has 0 aliphatic heterocycles. The number of carbonyl (C=O) groups is 1. The first-order valence-corrected chi connectivity index (χ1v) is 7.88. The minimum Gasteiger partial charge on any atom is -0.469 e. The average Bonchev–Trinajstić information content (AvgIpc) is 2.56. The fraction of sp³-hybridized carbons (Fsp3) is 0.263. The van der Waals surface area contributed by atoms with Crippen LogP contribution in [0.5, 0.6) is 0 Å². The highest BCUT2D eigenvalue weighted by Gasteiger charge is 2.21. The molecule has 0 aliphatic rings. The summed E-state index contributed by atoms with van der Waals surface area (Å²) in [6.45, 7) is 0. The van der Waals surface area contributed by atoms with Crippen molar-refractivity contribution in [3.05, 3.63) is 70.7 Å². The Bertz CT molecular complexity index is 653. The van der Waals surface area contributed by atoms with E-state index in [1.165, 1.54) is 7.11 Å². The van der Waals surface area contributed by atoms with Crippen molar-refractivity contribution in [2.75, 3.05) is 7.11 Å². The second-order valence-corrected chi connectivity index (χ2v) is 5.96. The number of rotatable bonds is 7. The maximum atomic E-state index is 12.0. The number of methoxy groups -OCH3 is 1. The smallest absolute Gasteiger partial charge is 0.309 e. The summed E-state index contributed by atoms with van der Waals surface area (Å²) in [5.74, 6) is -0.629. The molecule has 2 aromatic carbocycles. The molecule has 2 aromatic rings. The molecule has 0 heterocycles. The van der Waals surface area contributed by atoms with Gasteiger partial charge in [0.2, 0.25) is 0 Å². The van der Waals surface area contributed by atoms with E-state index in [1.54, 1.807) is 12.1 Å². The Labute approximate surface area is 141 Å². The van der Waals surface area contributed by atoms with E-state index >= 15 is 0 Å². The Morgan fingerprint density at radius 3 is 2.35 bits per heavy atom. The summed E-state index contributed by atoms with van der Waals surface area (Å²) in [7, 11) is 1.39. The molecule has 1 unspecified atom stereocenters. The summed E-state index contributed by atoms with van der Waals surface area (Å²) in [6, 6.07) is 17.2. The monoisotopic (exact) mass is 329 g/mol. The van der Waals surface area contributed by atoms with Gasteiger partial charge in [-0.3, -0.25) is 4.79 Å². The Morgan fingerprint density at radius 1 is 1.09 bits per heavy atom. The number of esters is 1. The molecule has 0 fully saturated rings. The molecule has 0 spiro atoms. The van der Waals surface area contributed by atoms with E-state index in [0.717, 1.165) is 11.1 Å². The summed E-state index contributed by atoms with van der Waals surface area (Å²) < 4.78 is 4.90. The zero-order valence-corrected chi connectivity index (χ0v) is 13.8. The first-order valence-electron chi connectivity index (χ1n) is 7.51. The van der Waals surface area contributed by atoms with Crippen molar-refractivity contribution in [2.24, 2.45) is 5.92 Å². The van der Waals surface area contributed by atoms with Crippen molar-refractivity contribution in [1.82, 2.24) is 0 Å². The van der Waals surface area contributed by atoms with Crippen LogP contribution < -0.4 is 0 Å². The highest BCUT2D eigenvalue weighted by Crippen LogP contribution is 2.18. The van der Waals surface area contributed by atoms with Crippen molar-refractivity contribution in [3.63, 3.8) is 0 Å². The lowest BCUT2D eigenvalue weighted by Crippen LogP contribution is -2.22. The molecule has 1 N–H and O–H groups in total. The van der Waals surface area contributed by atoms with Gasteiger partial charge in [0.1, 0.15) is 0 Å². The van der Waals surface area contributed by atoms with Gasteiger partial charge in [-0.05, 0) is 36.1 Å². The third kappa shape index (κ3) is 5.53. The Balaban J connectivity index is 2.02. The highest BCUT2D eigenvalue weighted by atomic mass is 35.5. The van der Waals surface area contributed by atoms with Gasteiger partial charge in [-0.2, -0.15) is 0 Å². The van der Waals surface area contributed by atoms with Crippen LogP contribution >= 0.6 is 11.6 Å². The summed E-state index contributed by atoms with van der Waals surface area (Å²) in [5, 5.41) is 8.86. The number of hydrogen-bond acceptors (Lipinski definition) is 3. The third-order valence-corrected chi connectivity index (χ3v) is 3.93. The summed E-state index contributed by atoms with van der Waals surface area (Å²) >= 11 is 5.89. The van der Waals surface area contributed by atoms with E-state index in [4.69, 9.17) is 21.7 Å². The zero-order chi connectivity index (χ0) is 16.7. The maximum absolute atomic E-state index is 12.0. The quantitative estimate of drug-likeness (QED) is 0.607. The van der Waals surface area contributed by atoms with Crippen LogP contribution in [0.25, 0.3) is 0 Å². The topological polar surface area (TPSA) is 50.2 Å². The molecule has 4 heteroatoms.